The van der Waals surface area contributed by atoms with E-state index in [-0.39, 0.29) is 17.2 Å². The fourth-order valence-corrected chi connectivity index (χ4v) is 1.97. The van der Waals surface area contributed by atoms with Crippen LogP contribution in [0.25, 0.3) is 0 Å². The van der Waals surface area contributed by atoms with E-state index in [9.17, 15) is 22.8 Å². The predicted molar refractivity (Wildman–Crippen MR) is 71.4 cm³/mol. The van der Waals surface area contributed by atoms with E-state index in [0.29, 0.717) is 26.3 Å². The van der Waals surface area contributed by atoms with Crippen molar-refractivity contribution >= 4 is 17.6 Å². The van der Waals surface area contributed by atoms with Gasteiger partial charge in [-0.1, -0.05) is 6.07 Å². The molecule has 6 nitrogen and oxygen atoms in total. The summed E-state index contributed by atoms with van der Waals surface area (Å²) in [6, 6.07) is 4.32. The molecule has 1 fully saturated rings. The Balaban J connectivity index is 2.03. The van der Waals surface area contributed by atoms with Crippen LogP contribution < -0.4 is 10.6 Å². The number of halogens is 3. The minimum atomic E-state index is -4.81. The molecule has 1 aliphatic rings. The fourth-order valence-electron chi connectivity index (χ4n) is 1.97. The minimum absolute atomic E-state index is 0.0980. The molecule has 1 saturated heterocycles. The Labute approximate surface area is 124 Å². The van der Waals surface area contributed by atoms with E-state index >= 15 is 0 Å². The quantitative estimate of drug-likeness (QED) is 0.817. The van der Waals surface area contributed by atoms with Crippen molar-refractivity contribution in [3.63, 3.8) is 0 Å². The van der Waals surface area contributed by atoms with Gasteiger partial charge in [-0.15, -0.1) is 0 Å². The SMILES string of the molecule is O=C(Nc1cccc(C(=O)N2CCOCC2)c1)NC(F)(F)F. The molecule has 1 aliphatic heterocycles. The van der Waals surface area contributed by atoms with Gasteiger partial charge in [0.05, 0.1) is 13.2 Å². The van der Waals surface area contributed by atoms with Crippen LogP contribution in [0.2, 0.25) is 0 Å². The highest BCUT2D eigenvalue weighted by atomic mass is 19.4. The zero-order chi connectivity index (χ0) is 16.2. The van der Waals surface area contributed by atoms with Gasteiger partial charge in [0.1, 0.15) is 0 Å². The van der Waals surface area contributed by atoms with E-state index in [2.05, 4.69) is 0 Å². The topological polar surface area (TPSA) is 70.7 Å². The van der Waals surface area contributed by atoms with Crippen molar-refractivity contribution in [1.82, 2.24) is 10.2 Å². The lowest BCUT2D eigenvalue weighted by molar-refractivity contribution is -0.144. The van der Waals surface area contributed by atoms with Crippen molar-refractivity contribution in [1.29, 1.82) is 0 Å². The smallest absolute Gasteiger partial charge is 0.378 e. The summed E-state index contributed by atoms with van der Waals surface area (Å²) in [4.78, 5) is 25.0. The van der Waals surface area contributed by atoms with Crippen molar-refractivity contribution in [3.8, 4) is 0 Å². The number of anilines is 1. The molecule has 0 spiro atoms. The number of rotatable bonds is 2. The van der Waals surface area contributed by atoms with E-state index in [1.807, 2.05) is 5.32 Å². The van der Waals surface area contributed by atoms with E-state index in [1.54, 1.807) is 4.90 Å². The van der Waals surface area contributed by atoms with Gasteiger partial charge in [0.2, 0.25) is 0 Å². The molecule has 0 radical (unpaired) electrons. The summed E-state index contributed by atoms with van der Waals surface area (Å²) in [6.07, 6.45) is -4.81. The number of carbonyl (C=O) groups is 2. The Morgan fingerprint density at radius 2 is 1.86 bits per heavy atom. The molecule has 3 amide bonds. The highest BCUT2D eigenvalue weighted by molar-refractivity contribution is 5.97. The molecule has 9 heteroatoms. The van der Waals surface area contributed by atoms with Crippen LogP contribution in [0, 0.1) is 0 Å². The van der Waals surface area contributed by atoms with Crippen LogP contribution in [0.5, 0.6) is 0 Å². The molecule has 1 aromatic carbocycles. The third kappa shape index (κ3) is 4.62. The summed E-state index contributed by atoms with van der Waals surface area (Å²) in [5, 5.41) is 2.85. The van der Waals surface area contributed by atoms with E-state index < -0.39 is 12.3 Å². The van der Waals surface area contributed by atoms with Gasteiger partial charge in [-0.3, -0.25) is 4.79 Å². The highest BCUT2D eigenvalue weighted by Gasteiger charge is 2.30. The summed E-state index contributed by atoms with van der Waals surface area (Å²) in [7, 11) is 0. The lowest BCUT2D eigenvalue weighted by Gasteiger charge is -2.27. The van der Waals surface area contributed by atoms with Crippen LogP contribution in [0.4, 0.5) is 23.7 Å². The number of benzene rings is 1. The van der Waals surface area contributed by atoms with Gasteiger partial charge in [-0.05, 0) is 18.2 Å². The number of urea groups is 1. The van der Waals surface area contributed by atoms with Gasteiger partial charge in [0, 0.05) is 24.3 Å². The van der Waals surface area contributed by atoms with E-state index in [1.165, 1.54) is 24.3 Å². The lowest BCUT2D eigenvalue weighted by atomic mass is 10.1. The largest absolute Gasteiger partial charge is 0.485 e. The molecule has 0 unspecified atom stereocenters. The second kappa shape index (κ2) is 6.65. The van der Waals surface area contributed by atoms with Crippen LogP contribution in [-0.2, 0) is 4.74 Å². The van der Waals surface area contributed by atoms with Crippen molar-refractivity contribution in [2.45, 2.75) is 6.30 Å². The normalized spacial score (nSPS) is 15.3. The molecule has 0 saturated carbocycles. The summed E-state index contributed by atoms with van der Waals surface area (Å²) in [5.41, 5.74) is 0.382. The van der Waals surface area contributed by atoms with Gasteiger partial charge in [-0.2, -0.15) is 13.2 Å². The molecule has 2 N–H and O–H groups in total. The molecule has 1 aromatic rings. The first kappa shape index (κ1) is 16.1. The standard InChI is InChI=1S/C13H14F3N3O3/c14-13(15,16)18-12(21)17-10-3-1-2-9(8-10)11(20)19-4-6-22-7-5-19/h1-3,8H,4-7H2,(H2,17,18,21). The lowest BCUT2D eigenvalue weighted by Crippen LogP contribution is -2.41. The maximum atomic E-state index is 12.2. The number of hydrogen-bond donors (Lipinski definition) is 2. The molecule has 2 rings (SSSR count). The third-order valence-corrected chi connectivity index (χ3v) is 2.92. The Morgan fingerprint density at radius 3 is 2.50 bits per heavy atom. The molecule has 0 aromatic heterocycles. The molecule has 0 aliphatic carbocycles. The minimum Gasteiger partial charge on any atom is -0.378 e. The summed E-state index contributed by atoms with van der Waals surface area (Å²) < 4.78 is 41.2. The Kier molecular flexibility index (Phi) is 4.86. The number of nitrogens with zero attached hydrogens (tertiary/aromatic N) is 1. The molecule has 0 atom stereocenters. The van der Waals surface area contributed by atoms with Crippen molar-refractivity contribution in [2.75, 3.05) is 31.6 Å². The summed E-state index contributed by atoms with van der Waals surface area (Å²) in [5.74, 6) is -0.261. The fraction of sp³-hybridized carbons (Fsp3) is 0.385. The second-order valence-corrected chi connectivity index (χ2v) is 4.56. The van der Waals surface area contributed by atoms with Crippen LogP contribution >= 0.6 is 0 Å². The number of morpholine rings is 1. The Morgan fingerprint density at radius 1 is 1.18 bits per heavy atom. The molecule has 120 valence electrons. The molecule has 0 bridgehead atoms. The zero-order valence-corrected chi connectivity index (χ0v) is 11.4. The average molecular weight is 317 g/mol. The predicted octanol–water partition coefficient (Wildman–Crippen LogP) is 1.80. The Bertz CT molecular complexity index is 557. The van der Waals surface area contributed by atoms with Gasteiger partial charge in [0.15, 0.2) is 0 Å². The maximum absolute atomic E-state index is 12.2. The van der Waals surface area contributed by atoms with Crippen LogP contribution in [0.15, 0.2) is 24.3 Å². The highest BCUT2D eigenvalue weighted by Crippen LogP contribution is 2.15. The maximum Gasteiger partial charge on any atom is 0.485 e. The van der Waals surface area contributed by atoms with E-state index in [4.69, 9.17) is 4.74 Å². The number of hydrogen-bond acceptors (Lipinski definition) is 3. The zero-order valence-electron chi connectivity index (χ0n) is 11.4. The number of alkyl halides is 3. The van der Waals surface area contributed by atoms with Crippen molar-refractivity contribution < 1.29 is 27.5 Å². The van der Waals surface area contributed by atoms with Gasteiger partial charge < -0.3 is 15.0 Å². The molecular formula is C13H14F3N3O3. The van der Waals surface area contributed by atoms with Gasteiger partial charge in [-0.25, -0.2) is 10.1 Å². The van der Waals surface area contributed by atoms with Crippen molar-refractivity contribution in [2.24, 2.45) is 0 Å². The number of ether oxygens (including phenoxy) is 1. The molecular weight excluding hydrogens is 303 g/mol. The first-order chi connectivity index (χ1) is 10.3. The van der Waals surface area contributed by atoms with Gasteiger partial charge in [0.25, 0.3) is 5.91 Å². The van der Waals surface area contributed by atoms with Crippen LogP contribution in [0.3, 0.4) is 0 Å². The second-order valence-electron chi connectivity index (χ2n) is 4.56. The summed E-state index contributed by atoms with van der Waals surface area (Å²) in [6.45, 7) is 1.78. The molecule has 22 heavy (non-hydrogen) atoms. The van der Waals surface area contributed by atoms with E-state index in [0.717, 1.165) is 5.32 Å². The third-order valence-electron chi connectivity index (χ3n) is 2.92. The molecule has 1 heterocycles. The number of nitrogens with one attached hydrogen (secondary N) is 2. The number of amides is 3. The van der Waals surface area contributed by atoms with Crippen LogP contribution in [-0.4, -0.2) is 49.4 Å². The first-order valence-electron chi connectivity index (χ1n) is 6.48. The average Bonchev–Trinajstić information content (AvgIpc) is 2.45. The van der Waals surface area contributed by atoms with Gasteiger partial charge >= 0.3 is 12.3 Å². The van der Waals surface area contributed by atoms with Crippen LogP contribution in [0.1, 0.15) is 10.4 Å². The summed E-state index contributed by atoms with van der Waals surface area (Å²) >= 11 is 0. The van der Waals surface area contributed by atoms with Crippen molar-refractivity contribution in [3.05, 3.63) is 29.8 Å². The Hall–Kier alpha value is -2.29. The number of carbonyl (C=O) groups excluding carboxylic acids is 2. The monoisotopic (exact) mass is 317 g/mol. The first-order valence-corrected chi connectivity index (χ1v) is 6.48.